The first kappa shape index (κ1) is 16.1. The van der Waals surface area contributed by atoms with Crippen molar-refractivity contribution in [3.05, 3.63) is 67.2 Å². The molecule has 0 bridgehead atoms. The van der Waals surface area contributed by atoms with Crippen molar-refractivity contribution in [1.29, 1.82) is 0 Å². The standard InChI is InChI=1S/C16H16Cl2IN/c1-2-9-20-16(12-5-3-4-6-13(12)17)11-7-8-15(19)14(18)10-11/h3-8,10,16,20H,2,9H2,1H3. The SMILES string of the molecule is CCCNC(c1ccc(I)c(Cl)c1)c1ccccc1Cl. The van der Waals surface area contributed by atoms with Gasteiger partial charge in [-0.2, -0.15) is 0 Å². The fraction of sp³-hybridized carbons (Fsp3) is 0.250. The van der Waals surface area contributed by atoms with Gasteiger partial charge < -0.3 is 5.32 Å². The van der Waals surface area contributed by atoms with Crippen LogP contribution in [0.1, 0.15) is 30.5 Å². The molecule has 0 fully saturated rings. The van der Waals surface area contributed by atoms with E-state index in [9.17, 15) is 0 Å². The van der Waals surface area contributed by atoms with Crippen LogP contribution < -0.4 is 5.32 Å². The summed E-state index contributed by atoms with van der Waals surface area (Å²) in [6.45, 7) is 3.08. The maximum Gasteiger partial charge on any atom is 0.0592 e. The lowest BCUT2D eigenvalue weighted by Crippen LogP contribution is -2.23. The minimum absolute atomic E-state index is 0.0677. The van der Waals surface area contributed by atoms with Gasteiger partial charge in [-0.05, 0) is 64.9 Å². The van der Waals surface area contributed by atoms with Gasteiger partial charge in [0, 0.05) is 8.59 Å². The zero-order valence-corrected chi connectivity index (χ0v) is 14.8. The normalized spacial score (nSPS) is 12.4. The fourth-order valence-electron chi connectivity index (χ4n) is 2.10. The molecule has 0 heterocycles. The molecular weight excluding hydrogens is 404 g/mol. The third kappa shape index (κ3) is 3.88. The van der Waals surface area contributed by atoms with Crippen LogP contribution in [0.25, 0.3) is 0 Å². The maximum atomic E-state index is 6.34. The summed E-state index contributed by atoms with van der Waals surface area (Å²) in [4.78, 5) is 0. The number of rotatable bonds is 5. The van der Waals surface area contributed by atoms with E-state index in [1.165, 1.54) is 0 Å². The van der Waals surface area contributed by atoms with Crippen LogP contribution in [0, 0.1) is 3.57 Å². The summed E-state index contributed by atoms with van der Waals surface area (Å²) in [5.41, 5.74) is 2.22. The smallest absolute Gasteiger partial charge is 0.0592 e. The third-order valence-corrected chi connectivity index (χ3v) is 5.01. The molecule has 2 aromatic carbocycles. The van der Waals surface area contributed by atoms with E-state index in [-0.39, 0.29) is 6.04 Å². The van der Waals surface area contributed by atoms with Gasteiger partial charge in [-0.15, -0.1) is 0 Å². The molecule has 1 unspecified atom stereocenters. The first-order chi connectivity index (χ1) is 9.63. The highest BCUT2D eigenvalue weighted by atomic mass is 127. The Kier molecular flexibility index (Phi) is 6.15. The van der Waals surface area contributed by atoms with Gasteiger partial charge in [-0.25, -0.2) is 0 Å². The third-order valence-electron chi connectivity index (χ3n) is 3.09. The van der Waals surface area contributed by atoms with Crippen molar-refractivity contribution in [2.24, 2.45) is 0 Å². The minimum atomic E-state index is 0.0677. The van der Waals surface area contributed by atoms with E-state index >= 15 is 0 Å². The van der Waals surface area contributed by atoms with Crippen LogP contribution in [0.2, 0.25) is 10.0 Å². The van der Waals surface area contributed by atoms with E-state index in [2.05, 4.69) is 47.0 Å². The number of hydrogen-bond donors (Lipinski definition) is 1. The predicted molar refractivity (Wildman–Crippen MR) is 95.8 cm³/mol. The minimum Gasteiger partial charge on any atom is -0.306 e. The second-order valence-corrected chi connectivity index (χ2v) is 6.56. The molecule has 1 N–H and O–H groups in total. The summed E-state index contributed by atoms with van der Waals surface area (Å²) in [6.07, 6.45) is 1.07. The fourth-order valence-corrected chi connectivity index (χ4v) is 2.87. The molecule has 0 saturated heterocycles. The van der Waals surface area contributed by atoms with Gasteiger partial charge in [0.05, 0.1) is 11.1 Å². The molecule has 20 heavy (non-hydrogen) atoms. The molecule has 2 rings (SSSR count). The van der Waals surface area contributed by atoms with Crippen molar-refractivity contribution in [3.63, 3.8) is 0 Å². The Hall–Kier alpha value is -0.290. The predicted octanol–water partition coefficient (Wildman–Crippen LogP) is 5.69. The summed E-state index contributed by atoms with van der Waals surface area (Å²) in [6, 6.07) is 14.2. The zero-order chi connectivity index (χ0) is 14.5. The van der Waals surface area contributed by atoms with Crippen LogP contribution in [0.5, 0.6) is 0 Å². The van der Waals surface area contributed by atoms with Gasteiger partial charge in [0.15, 0.2) is 0 Å². The lowest BCUT2D eigenvalue weighted by molar-refractivity contribution is 0.598. The maximum absolute atomic E-state index is 6.34. The Morgan fingerprint density at radius 1 is 1.10 bits per heavy atom. The lowest BCUT2D eigenvalue weighted by Gasteiger charge is -2.21. The van der Waals surface area contributed by atoms with Crippen molar-refractivity contribution in [1.82, 2.24) is 5.32 Å². The van der Waals surface area contributed by atoms with Gasteiger partial charge in [-0.3, -0.25) is 0 Å². The average Bonchev–Trinajstić information content (AvgIpc) is 2.44. The topological polar surface area (TPSA) is 12.0 Å². The Labute approximate surface area is 143 Å². The van der Waals surface area contributed by atoms with E-state index in [4.69, 9.17) is 23.2 Å². The van der Waals surface area contributed by atoms with E-state index in [0.29, 0.717) is 0 Å². The molecule has 0 aliphatic carbocycles. The van der Waals surface area contributed by atoms with Crippen LogP contribution in [-0.2, 0) is 0 Å². The van der Waals surface area contributed by atoms with Gasteiger partial charge in [-0.1, -0.05) is 54.4 Å². The molecule has 0 aromatic heterocycles. The molecular formula is C16H16Cl2IN. The highest BCUT2D eigenvalue weighted by molar-refractivity contribution is 14.1. The van der Waals surface area contributed by atoms with E-state index in [0.717, 1.165) is 37.7 Å². The number of halogens is 3. The van der Waals surface area contributed by atoms with Gasteiger partial charge in [0.2, 0.25) is 0 Å². The number of hydrogen-bond acceptors (Lipinski definition) is 1. The Bertz CT molecular complexity index is 586. The molecule has 4 heteroatoms. The zero-order valence-electron chi connectivity index (χ0n) is 11.2. The van der Waals surface area contributed by atoms with Crippen LogP contribution >= 0.6 is 45.8 Å². The quantitative estimate of drug-likeness (QED) is 0.614. The number of benzene rings is 2. The van der Waals surface area contributed by atoms with E-state index in [1.54, 1.807) is 0 Å². The second-order valence-electron chi connectivity index (χ2n) is 4.58. The van der Waals surface area contributed by atoms with Gasteiger partial charge >= 0.3 is 0 Å². The molecule has 0 aliphatic heterocycles. The summed E-state index contributed by atoms with van der Waals surface area (Å²) in [7, 11) is 0. The highest BCUT2D eigenvalue weighted by Crippen LogP contribution is 2.31. The summed E-state index contributed by atoms with van der Waals surface area (Å²) in [5.74, 6) is 0. The molecule has 0 aliphatic rings. The van der Waals surface area contributed by atoms with Crippen LogP contribution in [0.3, 0.4) is 0 Å². The molecule has 0 amide bonds. The van der Waals surface area contributed by atoms with Crippen molar-refractivity contribution in [2.75, 3.05) is 6.54 Å². The van der Waals surface area contributed by atoms with Gasteiger partial charge in [0.1, 0.15) is 0 Å². The van der Waals surface area contributed by atoms with Crippen molar-refractivity contribution >= 4 is 45.8 Å². The van der Waals surface area contributed by atoms with Crippen molar-refractivity contribution < 1.29 is 0 Å². The monoisotopic (exact) mass is 419 g/mol. The average molecular weight is 420 g/mol. The number of nitrogens with one attached hydrogen (secondary N) is 1. The first-order valence-corrected chi connectivity index (χ1v) is 8.39. The first-order valence-electron chi connectivity index (χ1n) is 6.56. The van der Waals surface area contributed by atoms with Crippen LogP contribution in [0.4, 0.5) is 0 Å². The molecule has 1 nitrogen and oxygen atoms in total. The summed E-state index contributed by atoms with van der Waals surface area (Å²) in [5, 5.41) is 5.09. The molecule has 0 spiro atoms. The van der Waals surface area contributed by atoms with Crippen molar-refractivity contribution in [2.45, 2.75) is 19.4 Å². The van der Waals surface area contributed by atoms with Crippen LogP contribution in [-0.4, -0.2) is 6.54 Å². The molecule has 0 radical (unpaired) electrons. The Balaban J connectivity index is 2.41. The summed E-state index contributed by atoms with van der Waals surface area (Å²) >= 11 is 14.8. The highest BCUT2D eigenvalue weighted by Gasteiger charge is 2.16. The second kappa shape index (κ2) is 7.64. The van der Waals surface area contributed by atoms with E-state index < -0.39 is 0 Å². The molecule has 106 valence electrons. The lowest BCUT2D eigenvalue weighted by atomic mass is 9.98. The Morgan fingerprint density at radius 3 is 2.50 bits per heavy atom. The molecule has 1 atom stereocenters. The van der Waals surface area contributed by atoms with Crippen LogP contribution in [0.15, 0.2) is 42.5 Å². The largest absolute Gasteiger partial charge is 0.306 e. The molecule has 2 aromatic rings. The van der Waals surface area contributed by atoms with Gasteiger partial charge in [0.25, 0.3) is 0 Å². The summed E-state index contributed by atoms with van der Waals surface area (Å²) < 4.78 is 1.06. The van der Waals surface area contributed by atoms with E-state index in [1.807, 2.05) is 30.3 Å². The molecule has 0 saturated carbocycles. The Morgan fingerprint density at radius 2 is 1.85 bits per heavy atom. The van der Waals surface area contributed by atoms with Crippen molar-refractivity contribution in [3.8, 4) is 0 Å².